The molecule has 6 N–H and O–H groups in total. The number of aliphatic hydroxyl groups excluding tert-OH is 2. The van der Waals surface area contributed by atoms with Gasteiger partial charge in [0.2, 0.25) is 0 Å². The summed E-state index contributed by atoms with van der Waals surface area (Å²) in [7, 11) is 0. The Morgan fingerprint density at radius 1 is 1.56 bits per heavy atom. The second-order valence-corrected chi connectivity index (χ2v) is 3.07. The summed E-state index contributed by atoms with van der Waals surface area (Å²) in [5.41, 5.74) is 4.97. The molecular weight excluding hydrogens is 218 g/mol. The van der Waals surface area contributed by atoms with Gasteiger partial charge >= 0.3 is 5.97 Å². The van der Waals surface area contributed by atoms with Crippen molar-refractivity contribution in [3.63, 3.8) is 0 Å². The van der Waals surface area contributed by atoms with Crippen LogP contribution in [0.25, 0.3) is 0 Å². The molecule has 8 heteroatoms. The van der Waals surface area contributed by atoms with Gasteiger partial charge in [-0.25, -0.2) is 4.79 Å². The molecule has 0 aromatic heterocycles. The van der Waals surface area contributed by atoms with Gasteiger partial charge in [-0.3, -0.25) is 10.2 Å². The average Bonchev–Trinajstić information content (AvgIpc) is 2.21. The van der Waals surface area contributed by atoms with Crippen LogP contribution in [-0.2, 0) is 14.3 Å². The first-order chi connectivity index (χ1) is 7.38. The second kappa shape index (κ2) is 6.75. The fourth-order valence-electron chi connectivity index (χ4n) is 0.796. The molecule has 0 amide bonds. The summed E-state index contributed by atoms with van der Waals surface area (Å²) in [5.74, 6) is -2.08. The minimum atomic E-state index is -1.37. The van der Waals surface area contributed by atoms with Crippen molar-refractivity contribution >= 4 is 17.7 Å². The zero-order chi connectivity index (χ0) is 12.7. The maximum atomic E-state index is 11.3. The molecule has 0 fully saturated rings. The van der Waals surface area contributed by atoms with Gasteiger partial charge in [-0.15, -0.1) is 0 Å². The van der Waals surface area contributed by atoms with Crippen molar-refractivity contribution in [1.29, 1.82) is 5.41 Å². The van der Waals surface area contributed by atoms with E-state index in [0.717, 1.165) is 6.92 Å². The Morgan fingerprint density at radius 3 is 2.50 bits per heavy atom. The number of rotatable bonds is 6. The van der Waals surface area contributed by atoms with Crippen LogP contribution < -0.4 is 11.1 Å². The fourth-order valence-corrected chi connectivity index (χ4v) is 0.796. The normalized spacial score (nSPS) is 13.7. The number of ether oxygens (including phenoxy) is 1. The van der Waals surface area contributed by atoms with E-state index in [4.69, 9.17) is 21.4 Å². The topological polar surface area (TPSA) is 146 Å². The lowest BCUT2D eigenvalue weighted by molar-refractivity contribution is -0.151. The van der Waals surface area contributed by atoms with Crippen LogP contribution in [0.1, 0.15) is 6.92 Å². The first-order valence-corrected chi connectivity index (χ1v) is 4.45. The summed E-state index contributed by atoms with van der Waals surface area (Å²) in [4.78, 5) is 22.3. The number of nitrogens with two attached hydrogens (primary N) is 1. The van der Waals surface area contributed by atoms with Crippen molar-refractivity contribution in [2.24, 2.45) is 5.73 Å². The van der Waals surface area contributed by atoms with E-state index >= 15 is 0 Å². The van der Waals surface area contributed by atoms with Gasteiger partial charge in [-0.05, 0) is 6.92 Å². The van der Waals surface area contributed by atoms with Gasteiger partial charge in [-0.1, -0.05) is 0 Å². The lowest BCUT2D eigenvalue weighted by Gasteiger charge is -2.15. The van der Waals surface area contributed by atoms with Crippen LogP contribution in [0, 0.1) is 5.41 Å². The van der Waals surface area contributed by atoms with Crippen molar-refractivity contribution in [2.45, 2.75) is 19.1 Å². The van der Waals surface area contributed by atoms with E-state index in [1.54, 1.807) is 0 Å². The second-order valence-electron chi connectivity index (χ2n) is 3.07. The summed E-state index contributed by atoms with van der Waals surface area (Å²) < 4.78 is 4.53. The van der Waals surface area contributed by atoms with Gasteiger partial charge in [0, 0.05) is 0 Å². The highest BCUT2D eigenvalue weighted by molar-refractivity contribution is 6.04. The Labute approximate surface area is 91.9 Å². The Morgan fingerprint density at radius 2 is 2.12 bits per heavy atom. The Bertz CT molecular complexity index is 281. The molecule has 2 atom stereocenters. The van der Waals surface area contributed by atoms with Crippen molar-refractivity contribution in [1.82, 2.24) is 5.32 Å². The highest BCUT2D eigenvalue weighted by Crippen LogP contribution is 1.93. The zero-order valence-corrected chi connectivity index (χ0v) is 8.77. The van der Waals surface area contributed by atoms with E-state index < -0.39 is 43.1 Å². The number of hydrogen-bond acceptors (Lipinski definition) is 6. The summed E-state index contributed by atoms with van der Waals surface area (Å²) >= 11 is 0. The standard InChI is InChI=1S/C8H15N3O5/c1-4(13)6(11-8(9)10)7(15)16-3-5(14)2-12/h5-6,12,14H,2-3H2,1H3,(H4,9,10,11). The van der Waals surface area contributed by atoms with Crippen molar-refractivity contribution in [3.05, 3.63) is 0 Å². The molecule has 0 rings (SSSR count). The third-order valence-electron chi connectivity index (χ3n) is 1.57. The molecule has 0 spiro atoms. The van der Waals surface area contributed by atoms with Crippen LogP contribution in [0.5, 0.6) is 0 Å². The van der Waals surface area contributed by atoms with Crippen LogP contribution in [0.4, 0.5) is 0 Å². The molecule has 0 heterocycles. The maximum Gasteiger partial charge on any atom is 0.336 e. The first-order valence-electron chi connectivity index (χ1n) is 4.45. The molecule has 0 aromatic carbocycles. The number of ketones is 1. The van der Waals surface area contributed by atoms with E-state index in [-0.39, 0.29) is 0 Å². The number of aliphatic hydroxyl groups is 2. The van der Waals surface area contributed by atoms with Gasteiger partial charge in [0.15, 0.2) is 17.8 Å². The number of esters is 1. The van der Waals surface area contributed by atoms with Gasteiger partial charge in [0.25, 0.3) is 0 Å². The number of hydrogen-bond donors (Lipinski definition) is 5. The number of nitrogens with one attached hydrogen (secondary N) is 2. The molecule has 0 bridgehead atoms. The lowest BCUT2D eigenvalue weighted by Crippen LogP contribution is -2.49. The number of guanidine groups is 1. The summed E-state index contributed by atoms with van der Waals surface area (Å²) in [6, 6.07) is -1.37. The van der Waals surface area contributed by atoms with Crippen molar-refractivity contribution in [2.75, 3.05) is 13.2 Å². The summed E-state index contributed by atoms with van der Waals surface area (Å²) in [6.45, 7) is 0.140. The highest BCUT2D eigenvalue weighted by atomic mass is 16.5. The van der Waals surface area contributed by atoms with Crippen LogP contribution in [-0.4, -0.2) is 53.3 Å². The predicted molar refractivity (Wildman–Crippen MR) is 53.6 cm³/mol. The SMILES string of the molecule is CC(=O)C(NC(=N)N)C(=O)OCC(O)CO. The van der Waals surface area contributed by atoms with E-state index in [1.807, 2.05) is 0 Å². The number of carbonyl (C=O) groups excluding carboxylic acids is 2. The quantitative estimate of drug-likeness (QED) is 0.145. The molecule has 0 aliphatic heterocycles. The summed E-state index contributed by atoms with van der Waals surface area (Å²) in [6.07, 6.45) is -1.20. The third-order valence-corrected chi connectivity index (χ3v) is 1.57. The van der Waals surface area contributed by atoms with E-state index in [0.29, 0.717) is 0 Å². The molecule has 0 aliphatic carbocycles. The monoisotopic (exact) mass is 233 g/mol. The van der Waals surface area contributed by atoms with Gasteiger partial charge in [0.1, 0.15) is 12.7 Å². The molecular formula is C8H15N3O5. The van der Waals surface area contributed by atoms with Gasteiger partial charge in [-0.2, -0.15) is 0 Å². The molecule has 92 valence electrons. The van der Waals surface area contributed by atoms with Crippen LogP contribution >= 0.6 is 0 Å². The maximum absolute atomic E-state index is 11.3. The molecule has 0 saturated heterocycles. The largest absolute Gasteiger partial charge is 0.461 e. The molecule has 8 nitrogen and oxygen atoms in total. The number of Topliss-reactive ketones (excluding diaryl/α,β-unsaturated/α-hetero) is 1. The highest BCUT2D eigenvalue weighted by Gasteiger charge is 2.25. The minimum Gasteiger partial charge on any atom is -0.461 e. The Hall–Kier alpha value is -1.67. The molecule has 16 heavy (non-hydrogen) atoms. The van der Waals surface area contributed by atoms with Crippen LogP contribution in [0.2, 0.25) is 0 Å². The number of carbonyl (C=O) groups is 2. The molecule has 0 aliphatic rings. The molecule has 0 saturated carbocycles. The molecule has 0 radical (unpaired) electrons. The van der Waals surface area contributed by atoms with Gasteiger partial charge in [0.05, 0.1) is 6.61 Å². The van der Waals surface area contributed by atoms with Crippen molar-refractivity contribution in [3.8, 4) is 0 Å². The van der Waals surface area contributed by atoms with Crippen molar-refractivity contribution < 1.29 is 24.5 Å². The van der Waals surface area contributed by atoms with Crippen LogP contribution in [0.3, 0.4) is 0 Å². The molecule has 0 aromatic rings. The first kappa shape index (κ1) is 14.3. The third kappa shape index (κ3) is 5.27. The fraction of sp³-hybridized carbons (Fsp3) is 0.625. The molecule has 2 unspecified atom stereocenters. The van der Waals surface area contributed by atoms with Gasteiger partial charge < -0.3 is 26.0 Å². The van der Waals surface area contributed by atoms with E-state index in [2.05, 4.69) is 10.1 Å². The smallest absolute Gasteiger partial charge is 0.336 e. The van der Waals surface area contributed by atoms with Crippen LogP contribution in [0.15, 0.2) is 0 Å². The summed E-state index contributed by atoms with van der Waals surface area (Å²) in [5, 5.41) is 26.4. The predicted octanol–water partition coefficient (Wildman–Crippen LogP) is -2.68. The zero-order valence-electron chi connectivity index (χ0n) is 8.77. The van der Waals surface area contributed by atoms with E-state index in [1.165, 1.54) is 0 Å². The Balaban J connectivity index is 4.28. The van der Waals surface area contributed by atoms with E-state index in [9.17, 15) is 9.59 Å². The minimum absolute atomic E-state index is 0.432. The average molecular weight is 233 g/mol. The lowest BCUT2D eigenvalue weighted by atomic mass is 10.2. The Kier molecular flexibility index (Phi) is 6.04.